The highest BCUT2D eigenvalue weighted by molar-refractivity contribution is 6.27. The molecule has 1 aliphatic rings. The molecule has 0 aromatic heterocycles. The van der Waals surface area contributed by atoms with Gasteiger partial charge >= 0.3 is 0 Å². The van der Waals surface area contributed by atoms with E-state index in [1.165, 1.54) is 13.0 Å². The quantitative estimate of drug-likeness (QED) is 0.289. The van der Waals surface area contributed by atoms with E-state index in [4.69, 9.17) is 5.11 Å². The van der Waals surface area contributed by atoms with Gasteiger partial charge in [0.05, 0.1) is 18.0 Å². The molecule has 6 heteroatoms. The van der Waals surface area contributed by atoms with Crippen LogP contribution in [0.4, 0.5) is 11.4 Å². The number of carbonyl (C=O) groups is 2. The molecule has 0 amide bonds. The van der Waals surface area contributed by atoms with Crippen molar-refractivity contribution in [2.24, 2.45) is 0 Å². The lowest BCUT2D eigenvalue weighted by molar-refractivity contribution is -0.113. The average molecular weight is 338 g/mol. The van der Waals surface area contributed by atoms with E-state index in [1.54, 1.807) is 18.2 Å². The highest BCUT2D eigenvalue weighted by Gasteiger charge is 2.26. The summed E-state index contributed by atoms with van der Waals surface area (Å²) >= 11 is 0. The Hall–Kier alpha value is -2.96. The van der Waals surface area contributed by atoms with Crippen LogP contribution in [-0.4, -0.2) is 28.4 Å². The second kappa shape index (κ2) is 6.88. The number of aliphatic hydroxyl groups is 2. The van der Waals surface area contributed by atoms with Gasteiger partial charge in [-0.15, -0.1) is 0 Å². The zero-order valence-corrected chi connectivity index (χ0v) is 13.6. The molecule has 4 N–H and O–H groups in total. The van der Waals surface area contributed by atoms with E-state index in [2.05, 4.69) is 10.6 Å². The number of fused-ring (bicyclic) bond motifs is 1. The van der Waals surface area contributed by atoms with Gasteiger partial charge in [0.25, 0.3) is 0 Å². The number of aliphatic hydroxyl groups excluding tert-OH is 2. The molecular formula is C19H18N2O4. The molecule has 0 saturated carbocycles. The highest BCUT2D eigenvalue weighted by atomic mass is 16.3. The topological polar surface area (TPSA) is 98.7 Å². The Morgan fingerprint density at radius 3 is 2.24 bits per heavy atom. The fourth-order valence-electron chi connectivity index (χ4n) is 2.71. The summed E-state index contributed by atoms with van der Waals surface area (Å²) in [7, 11) is 0. The number of rotatable bonds is 5. The molecule has 3 rings (SSSR count). The molecular weight excluding hydrogens is 320 g/mol. The van der Waals surface area contributed by atoms with Gasteiger partial charge in [-0.3, -0.25) is 9.59 Å². The summed E-state index contributed by atoms with van der Waals surface area (Å²) in [5, 5.41) is 24.9. The maximum Gasteiger partial charge on any atom is 0.200 e. The van der Waals surface area contributed by atoms with Crippen LogP contribution >= 0.6 is 0 Å². The van der Waals surface area contributed by atoms with E-state index in [0.717, 1.165) is 11.4 Å². The van der Waals surface area contributed by atoms with Gasteiger partial charge in [-0.2, -0.15) is 0 Å². The summed E-state index contributed by atoms with van der Waals surface area (Å²) in [6.45, 7) is 0.885. The van der Waals surface area contributed by atoms with Crippen LogP contribution in [0.1, 0.15) is 28.9 Å². The number of hydrogen-bond donors (Lipinski definition) is 4. The SMILES string of the molecule is CC(=O)C(C(=O)c1cccc([C@H](O)CO)c1)=C1Nc2ccccc2N1. The molecule has 2 aromatic carbocycles. The Morgan fingerprint density at radius 1 is 1.04 bits per heavy atom. The van der Waals surface area contributed by atoms with Crippen molar-refractivity contribution in [3.05, 3.63) is 71.1 Å². The Kier molecular flexibility index (Phi) is 4.65. The Balaban J connectivity index is 1.99. The molecule has 25 heavy (non-hydrogen) atoms. The predicted molar refractivity (Wildman–Crippen MR) is 94.2 cm³/mol. The number of Topliss-reactive ketones (excluding diaryl/α,β-unsaturated/α-hetero) is 2. The van der Waals surface area contributed by atoms with E-state index in [0.29, 0.717) is 11.4 Å². The van der Waals surface area contributed by atoms with Crippen LogP contribution in [0.5, 0.6) is 0 Å². The van der Waals surface area contributed by atoms with Gasteiger partial charge < -0.3 is 20.8 Å². The fraction of sp³-hybridized carbons (Fsp3) is 0.158. The molecule has 0 bridgehead atoms. The molecule has 0 aliphatic carbocycles. The van der Waals surface area contributed by atoms with Crippen LogP contribution in [-0.2, 0) is 4.79 Å². The Morgan fingerprint density at radius 2 is 1.68 bits per heavy atom. The second-order valence-corrected chi connectivity index (χ2v) is 5.75. The molecule has 6 nitrogen and oxygen atoms in total. The van der Waals surface area contributed by atoms with Crippen LogP contribution < -0.4 is 10.6 Å². The summed E-state index contributed by atoms with van der Waals surface area (Å²) in [5.74, 6) is -0.491. The molecule has 0 radical (unpaired) electrons. The molecule has 2 aromatic rings. The van der Waals surface area contributed by atoms with Gasteiger partial charge in [-0.25, -0.2) is 0 Å². The average Bonchev–Trinajstić information content (AvgIpc) is 3.04. The minimum atomic E-state index is -1.08. The maximum absolute atomic E-state index is 12.9. The van der Waals surface area contributed by atoms with E-state index in [1.807, 2.05) is 24.3 Å². The third-order valence-electron chi connectivity index (χ3n) is 3.98. The van der Waals surface area contributed by atoms with Crippen molar-refractivity contribution in [1.29, 1.82) is 0 Å². The standard InChI is InChI=1S/C19H18N2O4/c1-11(23)17(19-20-14-7-2-3-8-15(14)21-19)18(25)13-6-4-5-12(9-13)16(24)10-22/h2-9,16,20-22,24H,10H2,1H3/t16-/m1/s1. The van der Waals surface area contributed by atoms with Crippen LogP contribution in [0.25, 0.3) is 0 Å². The van der Waals surface area contributed by atoms with Gasteiger partial charge in [0.1, 0.15) is 17.5 Å². The van der Waals surface area contributed by atoms with E-state index in [-0.39, 0.29) is 16.9 Å². The lowest BCUT2D eigenvalue weighted by atomic mass is 9.97. The molecule has 1 aliphatic heterocycles. The maximum atomic E-state index is 12.9. The zero-order chi connectivity index (χ0) is 18.0. The van der Waals surface area contributed by atoms with Crippen molar-refractivity contribution in [2.45, 2.75) is 13.0 Å². The molecule has 0 fully saturated rings. The van der Waals surface area contributed by atoms with Crippen molar-refractivity contribution < 1.29 is 19.8 Å². The van der Waals surface area contributed by atoms with Gasteiger partial charge in [0.2, 0.25) is 0 Å². The van der Waals surface area contributed by atoms with E-state index >= 15 is 0 Å². The number of carbonyl (C=O) groups excluding carboxylic acids is 2. The third kappa shape index (κ3) is 3.31. The minimum absolute atomic E-state index is 0.00633. The summed E-state index contributed by atoms with van der Waals surface area (Å²) in [6, 6.07) is 13.7. The van der Waals surface area contributed by atoms with Crippen molar-refractivity contribution in [3.63, 3.8) is 0 Å². The smallest absolute Gasteiger partial charge is 0.200 e. The first-order valence-electron chi connectivity index (χ1n) is 7.83. The van der Waals surface area contributed by atoms with Crippen LogP contribution in [0.3, 0.4) is 0 Å². The number of benzene rings is 2. The zero-order valence-electron chi connectivity index (χ0n) is 13.6. The van der Waals surface area contributed by atoms with Crippen molar-refractivity contribution >= 4 is 22.9 Å². The monoisotopic (exact) mass is 338 g/mol. The van der Waals surface area contributed by atoms with Gasteiger partial charge in [0, 0.05) is 5.56 Å². The van der Waals surface area contributed by atoms with Gasteiger partial charge in [-0.05, 0) is 30.7 Å². The largest absolute Gasteiger partial charge is 0.393 e. The molecule has 1 atom stereocenters. The second-order valence-electron chi connectivity index (χ2n) is 5.75. The summed E-state index contributed by atoms with van der Waals surface area (Å²) in [4.78, 5) is 25.0. The number of para-hydroxylation sites is 2. The van der Waals surface area contributed by atoms with Crippen LogP contribution in [0.2, 0.25) is 0 Å². The van der Waals surface area contributed by atoms with Crippen LogP contribution in [0.15, 0.2) is 59.9 Å². The number of anilines is 2. The Bertz CT molecular complexity index is 846. The lowest BCUT2D eigenvalue weighted by Gasteiger charge is -2.11. The van der Waals surface area contributed by atoms with E-state index < -0.39 is 18.5 Å². The first kappa shape index (κ1) is 16.9. The number of nitrogens with one attached hydrogen (secondary N) is 2. The number of ketones is 2. The van der Waals surface area contributed by atoms with Gasteiger partial charge in [0.15, 0.2) is 11.6 Å². The van der Waals surface area contributed by atoms with Crippen LogP contribution in [0, 0.1) is 0 Å². The Labute approximate surface area is 144 Å². The summed E-state index contributed by atoms with van der Waals surface area (Å²) in [6.07, 6.45) is -1.08. The number of allylic oxidation sites excluding steroid dienone is 1. The normalized spacial score (nSPS) is 13.5. The molecule has 0 saturated heterocycles. The minimum Gasteiger partial charge on any atom is -0.393 e. The van der Waals surface area contributed by atoms with Gasteiger partial charge in [-0.1, -0.05) is 30.3 Å². The third-order valence-corrected chi connectivity index (χ3v) is 3.98. The molecule has 1 heterocycles. The molecule has 128 valence electrons. The van der Waals surface area contributed by atoms with E-state index in [9.17, 15) is 14.7 Å². The first-order valence-corrected chi connectivity index (χ1v) is 7.83. The van der Waals surface area contributed by atoms with Crippen molar-refractivity contribution in [1.82, 2.24) is 0 Å². The van der Waals surface area contributed by atoms with Crippen molar-refractivity contribution in [2.75, 3.05) is 17.2 Å². The molecule has 0 unspecified atom stereocenters. The first-order chi connectivity index (χ1) is 12.0. The fourth-order valence-corrected chi connectivity index (χ4v) is 2.71. The number of hydrogen-bond acceptors (Lipinski definition) is 6. The highest BCUT2D eigenvalue weighted by Crippen LogP contribution is 2.32. The lowest BCUT2D eigenvalue weighted by Crippen LogP contribution is -2.18. The van der Waals surface area contributed by atoms with Crippen molar-refractivity contribution in [3.8, 4) is 0 Å². The molecule has 0 spiro atoms. The summed E-state index contributed by atoms with van der Waals surface area (Å²) in [5.41, 5.74) is 2.26. The summed E-state index contributed by atoms with van der Waals surface area (Å²) < 4.78 is 0. The predicted octanol–water partition coefficient (Wildman–Crippen LogP) is 2.23.